The maximum atomic E-state index is 11.6. The molecule has 0 aromatic heterocycles. The fraction of sp³-hybridized carbons (Fsp3) is 0.320. The summed E-state index contributed by atoms with van der Waals surface area (Å²) in [6.45, 7) is 10.9. The average Bonchev–Trinajstić information content (AvgIpc) is 2.88. The predicted molar refractivity (Wildman–Crippen MR) is 150 cm³/mol. The molecule has 195 valence electrons. The molecule has 0 fully saturated rings. The smallest absolute Gasteiger partial charge is 0.741 e. The van der Waals surface area contributed by atoms with E-state index in [1.165, 1.54) is 0 Å². The number of carbonyl (C=O) groups is 1. The van der Waals surface area contributed by atoms with E-state index in [9.17, 15) is 4.79 Å². The molecule has 0 aliphatic heterocycles. The van der Waals surface area contributed by atoms with E-state index >= 15 is 0 Å². The minimum atomic E-state index is -0.515. The fourth-order valence-electron chi connectivity index (χ4n) is 3.17. The Morgan fingerprint density at radius 2 is 1.03 bits per heavy atom. The second-order valence-electron chi connectivity index (χ2n) is 7.31. The summed E-state index contributed by atoms with van der Waals surface area (Å²) in [5, 5.41) is 18.5. The topological polar surface area (TPSA) is 99.0 Å². The van der Waals surface area contributed by atoms with E-state index < -0.39 is 5.91 Å². The monoisotopic (exact) mass is 572 g/mol. The number of nitrogens with zero attached hydrogens (tertiary/aromatic N) is 6. The Hall–Kier alpha value is -2.85. The Morgan fingerprint density at radius 3 is 1.39 bits per heavy atom. The van der Waals surface area contributed by atoms with Crippen LogP contribution in [0.15, 0.2) is 75.0 Å². The van der Waals surface area contributed by atoms with Crippen molar-refractivity contribution < 1.29 is 21.9 Å². The Balaban J connectivity index is 0.00000648. The number of primary amides is 1. The van der Waals surface area contributed by atoms with Crippen LogP contribution in [0.1, 0.15) is 49.2 Å². The second-order valence-corrected chi connectivity index (χ2v) is 8.04. The molecule has 0 atom stereocenters. The van der Waals surface area contributed by atoms with Crippen LogP contribution in [0.2, 0.25) is 0 Å². The molecular formula is C25H31CuN7OS2. The van der Waals surface area contributed by atoms with E-state index in [-0.39, 0.29) is 17.1 Å². The summed E-state index contributed by atoms with van der Waals surface area (Å²) in [7, 11) is 0. The van der Waals surface area contributed by atoms with Gasteiger partial charge in [0.25, 0.3) is 0 Å². The molecule has 1 amide bonds. The van der Waals surface area contributed by atoms with Gasteiger partial charge in [0.1, 0.15) is 11.4 Å². The molecule has 1 radical (unpaired) electrons. The maximum absolute atomic E-state index is 11.6. The summed E-state index contributed by atoms with van der Waals surface area (Å²) in [6.07, 6.45) is 0. The van der Waals surface area contributed by atoms with Gasteiger partial charge in [-0.05, 0) is 39.8 Å². The fourth-order valence-corrected chi connectivity index (χ4v) is 3.77. The first-order valence-electron chi connectivity index (χ1n) is 11.5. The summed E-state index contributed by atoms with van der Waals surface area (Å²) in [4.78, 5) is 15.4. The quantitative estimate of drug-likeness (QED) is 0.155. The molecule has 2 aromatic carbocycles. The van der Waals surface area contributed by atoms with Crippen LogP contribution in [0.3, 0.4) is 0 Å². The van der Waals surface area contributed by atoms with Crippen LogP contribution in [0.5, 0.6) is 0 Å². The van der Waals surface area contributed by atoms with Gasteiger partial charge in [0.05, 0.1) is 0 Å². The Labute approximate surface area is 235 Å². The van der Waals surface area contributed by atoms with Gasteiger partial charge in [-0.25, -0.2) is 0 Å². The van der Waals surface area contributed by atoms with Gasteiger partial charge in [0.15, 0.2) is 0 Å². The summed E-state index contributed by atoms with van der Waals surface area (Å²) in [6, 6.07) is 16.3. The molecule has 0 bridgehead atoms. The third-order valence-electron chi connectivity index (χ3n) is 5.25. The van der Waals surface area contributed by atoms with E-state index in [1.54, 1.807) is 24.3 Å². The molecule has 0 aliphatic rings. The van der Waals surface area contributed by atoms with Crippen molar-refractivity contribution in [1.82, 2.24) is 9.80 Å². The van der Waals surface area contributed by atoms with E-state index in [0.717, 1.165) is 18.7 Å². The van der Waals surface area contributed by atoms with Crippen LogP contribution >= 0.6 is 0 Å². The molecule has 0 saturated carbocycles. The van der Waals surface area contributed by atoms with Crippen molar-refractivity contribution in [3.63, 3.8) is 0 Å². The number of benzene rings is 2. The Bertz CT molecular complexity index is 1100. The molecule has 2 N–H and O–H groups in total. The molecule has 2 aromatic rings. The standard InChI is InChI=1S/C25H33N7OS2.Cu/c1-5-31(6-2)24(34)29-27-21(18-12-10-9-11-13-18)22(28-30-25(35)32(7-3)8-4)19-14-16-20(17-15-19)23(26)33;/h9-17H,5-8H2,1-4H3,(H2,26,33)(H,29,34)(H,30,35);/q;+2/p-2/b27-21+,28-22+;. The minimum Gasteiger partial charge on any atom is -0.741 e. The zero-order chi connectivity index (χ0) is 25.8. The van der Waals surface area contributed by atoms with Crippen molar-refractivity contribution in [2.24, 2.45) is 26.1 Å². The number of carbonyl (C=O) groups excluding carboxylic acids is 1. The molecule has 11 heteroatoms. The molecule has 2 rings (SSSR count). The van der Waals surface area contributed by atoms with E-state index in [1.807, 2.05) is 67.8 Å². The predicted octanol–water partition coefficient (Wildman–Crippen LogP) is 3.38. The maximum Gasteiger partial charge on any atom is 2.00 e. The van der Waals surface area contributed by atoms with Crippen molar-refractivity contribution in [3.05, 3.63) is 71.3 Å². The first kappa shape index (κ1) is 31.2. The van der Waals surface area contributed by atoms with Crippen molar-refractivity contribution in [2.75, 3.05) is 26.2 Å². The van der Waals surface area contributed by atoms with Crippen LogP contribution in [0, 0.1) is 0 Å². The summed E-state index contributed by atoms with van der Waals surface area (Å²) in [5.74, 6) is -0.515. The van der Waals surface area contributed by atoms with Gasteiger partial charge in [-0.1, -0.05) is 42.5 Å². The van der Waals surface area contributed by atoms with Crippen molar-refractivity contribution in [1.29, 1.82) is 0 Å². The van der Waals surface area contributed by atoms with Crippen LogP contribution in [0.4, 0.5) is 0 Å². The molecule has 36 heavy (non-hydrogen) atoms. The van der Waals surface area contributed by atoms with Gasteiger partial charge in [-0.2, -0.15) is 10.2 Å². The average molecular weight is 573 g/mol. The van der Waals surface area contributed by atoms with Crippen molar-refractivity contribution in [2.45, 2.75) is 27.7 Å². The SMILES string of the molecule is CCN(CC)/C([S-])=N/N=C(/C(=N/N=C(\[S-])N(CC)CC)c1ccc(C(N)=O)cc1)c1ccccc1.[Cu+2]. The zero-order valence-electron chi connectivity index (χ0n) is 20.8. The largest absolute Gasteiger partial charge is 2.00 e. The number of hydrogen-bond acceptors (Lipinski definition) is 7. The van der Waals surface area contributed by atoms with Crippen LogP contribution in [-0.2, 0) is 42.3 Å². The van der Waals surface area contributed by atoms with Crippen molar-refractivity contribution >= 4 is 52.9 Å². The number of rotatable bonds is 10. The van der Waals surface area contributed by atoms with E-state index in [2.05, 4.69) is 20.4 Å². The molecule has 0 heterocycles. The summed E-state index contributed by atoms with van der Waals surface area (Å²) < 4.78 is 0. The van der Waals surface area contributed by atoms with Gasteiger partial charge in [0.2, 0.25) is 5.91 Å². The second kappa shape index (κ2) is 16.0. The molecular weight excluding hydrogens is 542 g/mol. The number of amidine groups is 2. The molecule has 8 nitrogen and oxygen atoms in total. The Kier molecular flexibility index (Phi) is 13.9. The normalized spacial score (nSPS) is 12.7. The first-order valence-corrected chi connectivity index (χ1v) is 12.3. The van der Waals surface area contributed by atoms with Gasteiger partial charge < -0.3 is 40.8 Å². The minimum absolute atomic E-state index is 0. The first-order chi connectivity index (χ1) is 16.9. The summed E-state index contributed by atoms with van der Waals surface area (Å²) >= 11 is 10.9. The Morgan fingerprint density at radius 1 is 0.667 bits per heavy atom. The van der Waals surface area contributed by atoms with Gasteiger partial charge in [-0.3, -0.25) is 4.79 Å². The zero-order valence-corrected chi connectivity index (χ0v) is 23.4. The van der Waals surface area contributed by atoms with Gasteiger partial charge in [0, 0.05) is 53.2 Å². The van der Waals surface area contributed by atoms with Gasteiger partial charge in [-0.15, -0.1) is 10.2 Å². The number of amides is 1. The molecule has 0 saturated heterocycles. The molecule has 0 unspecified atom stereocenters. The third-order valence-corrected chi connectivity index (χ3v) is 5.93. The molecule has 0 aliphatic carbocycles. The van der Waals surface area contributed by atoms with Crippen LogP contribution in [-0.4, -0.2) is 63.6 Å². The van der Waals surface area contributed by atoms with E-state index in [0.29, 0.717) is 46.0 Å². The summed E-state index contributed by atoms with van der Waals surface area (Å²) in [5.41, 5.74) is 8.16. The van der Waals surface area contributed by atoms with E-state index in [4.69, 9.17) is 31.0 Å². The van der Waals surface area contributed by atoms with Gasteiger partial charge >= 0.3 is 17.1 Å². The van der Waals surface area contributed by atoms with Crippen molar-refractivity contribution in [3.8, 4) is 0 Å². The molecule has 0 spiro atoms. The third kappa shape index (κ3) is 8.67. The van der Waals surface area contributed by atoms with Crippen LogP contribution < -0.4 is 5.73 Å². The number of nitrogens with two attached hydrogens (primary N) is 1. The number of hydrogen-bond donors (Lipinski definition) is 1. The van der Waals surface area contributed by atoms with Crippen LogP contribution in [0.25, 0.3) is 0 Å².